The molecular weight excluding hydrogens is 432 g/mol. The third-order valence-corrected chi connectivity index (χ3v) is 5.16. The number of oxazole rings is 1. The highest BCUT2D eigenvalue weighted by atomic mass is 79.9. The molecule has 4 rings (SSSR count). The van der Waals surface area contributed by atoms with Gasteiger partial charge in [0.1, 0.15) is 11.3 Å². The molecule has 3 aromatic carbocycles. The zero-order valence-corrected chi connectivity index (χ0v) is 17.6. The van der Waals surface area contributed by atoms with Gasteiger partial charge >= 0.3 is 0 Å². The summed E-state index contributed by atoms with van der Waals surface area (Å²) in [5, 5.41) is 2.84. The molecule has 146 valence electrons. The van der Waals surface area contributed by atoms with Gasteiger partial charge in [0.25, 0.3) is 5.91 Å². The van der Waals surface area contributed by atoms with Crippen LogP contribution in [0.15, 0.2) is 69.6 Å². The fourth-order valence-corrected chi connectivity index (χ4v) is 3.51. The van der Waals surface area contributed by atoms with E-state index in [2.05, 4.69) is 26.2 Å². The molecule has 1 amide bonds. The molecule has 5 nitrogen and oxygen atoms in total. The average Bonchev–Trinajstić information content (AvgIpc) is 3.10. The molecule has 0 radical (unpaired) electrons. The van der Waals surface area contributed by atoms with Gasteiger partial charge in [0.15, 0.2) is 12.2 Å². The van der Waals surface area contributed by atoms with Crippen LogP contribution in [-0.2, 0) is 4.79 Å². The van der Waals surface area contributed by atoms with Gasteiger partial charge in [-0.2, -0.15) is 0 Å². The van der Waals surface area contributed by atoms with Gasteiger partial charge in [-0.25, -0.2) is 4.98 Å². The molecule has 0 fully saturated rings. The Balaban J connectivity index is 1.46. The summed E-state index contributed by atoms with van der Waals surface area (Å²) in [7, 11) is 0. The molecule has 0 saturated heterocycles. The lowest BCUT2D eigenvalue weighted by molar-refractivity contribution is -0.118. The Morgan fingerprint density at radius 3 is 2.72 bits per heavy atom. The molecule has 0 atom stereocenters. The van der Waals surface area contributed by atoms with Crippen molar-refractivity contribution in [2.24, 2.45) is 0 Å². The molecule has 0 aliphatic carbocycles. The van der Waals surface area contributed by atoms with Crippen molar-refractivity contribution in [1.29, 1.82) is 0 Å². The number of halogens is 1. The number of ether oxygens (including phenoxy) is 1. The number of hydrogen-bond acceptors (Lipinski definition) is 4. The molecule has 0 bridgehead atoms. The SMILES string of the molecule is Cc1ccc(OCC(=O)Nc2ccc3oc(-c4ccccc4Br)nc3c2)c(C)c1. The van der Waals surface area contributed by atoms with Crippen LogP contribution in [0.25, 0.3) is 22.6 Å². The number of nitrogens with one attached hydrogen (secondary N) is 1. The third kappa shape index (κ3) is 4.32. The molecule has 6 heteroatoms. The van der Waals surface area contributed by atoms with Crippen LogP contribution in [0.1, 0.15) is 11.1 Å². The van der Waals surface area contributed by atoms with E-state index < -0.39 is 0 Å². The summed E-state index contributed by atoms with van der Waals surface area (Å²) >= 11 is 3.51. The van der Waals surface area contributed by atoms with Crippen molar-refractivity contribution in [1.82, 2.24) is 4.98 Å². The lowest BCUT2D eigenvalue weighted by Gasteiger charge is -2.10. The number of benzene rings is 3. The van der Waals surface area contributed by atoms with E-state index in [0.29, 0.717) is 28.4 Å². The molecule has 29 heavy (non-hydrogen) atoms. The minimum absolute atomic E-state index is 0.0665. The molecule has 1 N–H and O–H groups in total. The van der Waals surface area contributed by atoms with Crippen molar-refractivity contribution in [3.63, 3.8) is 0 Å². The van der Waals surface area contributed by atoms with Gasteiger partial charge < -0.3 is 14.5 Å². The van der Waals surface area contributed by atoms with Gasteiger partial charge in [-0.1, -0.05) is 29.8 Å². The second-order valence-corrected chi connectivity index (χ2v) is 7.64. The standard InChI is InChI=1S/C23H19BrN2O3/c1-14-7-9-20(15(2)11-14)28-13-22(27)25-16-8-10-21-19(12-16)26-23(29-21)17-5-3-4-6-18(17)24/h3-12H,13H2,1-2H3,(H,25,27). The maximum Gasteiger partial charge on any atom is 0.262 e. The highest BCUT2D eigenvalue weighted by Crippen LogP contribution is 2.31. The Bertz CT molecular complexity index is 1200. The molecule has 0 aliphatic rings. The Morgan fingerprint density at radius 1 is 1.10 bits per heavy atom. The van der Waals surface area contributed by atoms with Crippen LogP contribution in [0.5, 0.6) is 5.75 Å². The van der Waals surface area contributed by atoms with Crippen LogP contribution in [0.2, 0.25) is 0 Å². The van der Waals surface area contributed by atoms with Gasteiger partial charge in [0.2, 0.25) is 5.89 Å². The number of anilines is 1. The summed E-state index contributed by atoms with van der Waals surface area (Å²) in [5.41, 5.74) is 4.99. The number of fused-ring (bicyclic) bond motifs is 1. The summed E-state index contributed by atoms with van der Waals surface area (Å²) in [6, 6.07) is 19.0. The Hall–Kier alpha value is -3.12. The highest BCUT2D eigenvalue weighted by molar-refractivity contribution is 9.10. The summed E-state index contributed by atoms with van der Waals surface area (Å²) in [4.78, 5) is 16.8. The number of amides is 1. The van der Waals surface area contributed by atoms with Gasteiger partial charge in [-0.3, -0.25) is 4.79 Å². The minimum Gasteiger partial charge on any atom is -0.483 e. The van der Waals surface area contributed by atoms with Crippen molar-refractivity contribution < 1.29 is 13.9 Å². The Morgan fingerprint density at radius 2 is 1.93 bits per heavy atom. The van der Waals surface area contributed by atoms with Crippen LogP contribution in [0.3, 0.4) is 0 Å². The first-order valence-electron chi connectivity index (χ1n) is 9.15. The van der Waals surface area contributed by atoms with E-state index in [-0.39, 0.29) is 12.5 Å². The normalized spacial score (nSPS) is 10.9. The smallest absolute Gasteiger partial charge is 0.262 e. The zero-order chi connectivity index (χ0) is 20.4. The number of carbonyl (C=O) groups is 1. The van der Waals surface area contributed by atoms with Crippen molar-refractivity contribution in [3.8, 4) is 17.2 Å². The van der Waals surface area contributed by atoms with Crippen LogP contribution in [0, 0.1) is 13.8 Å². The minimum atomic E-state index is -0.237. The van der Waals surface area contributed by atoms with E-state index in [9.17, 15) is 4.79 Å². The second-order valence-electron chi connectivity index (χ2n) is 6.79. The number of aromatic nitrogens is 1. The monoisotopic (exact) mass is 450 g/mol. The molecule has 4 aromatic rings. The average molecular weight is 451 g/mol. The molecule has 0 aliphatic heterocycles. The van der Waals surface area contributed by atoms with E-state index in [4.69, 9.17) is 9.15 Å². The van der Waals surface area contributed by atoms with E-state index in [0.717, 1.165) is 21.2 Å². The van der Waals surface area contributed by atoms with Crippen LogP contribution < -0.4 is 10.1 Å². The van der Waals surface area contributed by atoms with Gasteiger partial charge in [0, 0.05) is 10.2 Å². The van der Waals surface area contributed by atoms with Gasteiger partial charge in [-0.15, -0.1) is 0 Å². The van der Waals surface area contributed by atoms with Crippen LogP contribution in [-0.4, -0.2) is 17.5 Å². The first-order chi connectivity index (χ1) is 14.0. The van der Waals surface area contributed by atoms with E-state index >= 15 is 0 Å². The maximum atomic E-state index is 12.3. The topological polar surface area (TPSA) is 64.4 Å². The quantitative estimate of drug-likeness (QED) is 0.411. The fraction of sp³-hybridized carbons (Fsp3) is 0.130. The highest BCUT2D eigenvalue weighted by Gasteiger charge is 2.12. The lowest BCUT2D eigenvalue weighted by Crippen LogP contribution is -2.20. The molecule has 0 spiro atoms. The Kier molecular flexibility index (Phi) is 5.36. The van der Waals surface area contributed by atoms with Crippen molar-refractivity contribution >= 4 is 38.6 Å². The summed E-state index contributed by atoms with van der Waals surface area (Å²) < 4.78 is 12.4. The van der Waals surface area contributed by atoms with Crippen LogP contribution >= 0.6 is 15.9 Å². The van der Waals surface area contributed by atoms with E-state index in [1.807, 2.05) is 56.3 Å². The summed E-state index contributed by atoms with van der Waals surface area (Å²) in [5.74, 6) is 0.990. The molecule has 0 saturated carbocycles. The summed E-state index contributed by atoms with van der Waals surface area (Å²) in [6.07, 6.45) is 0. The van der Waals surface area contributed by atoms with Crippen molar-refractivity contribution in [3.05, 3.63) is 76.3 Å². The number of aryl methyl sites for hydroxylation is 2. The van der Waals surface area contributed by atoms with Crippen molar-refractivity contribution in [2.75, 3.05) is 11.9 Å². The summed E-state index contributed by atoms with van der Waals surface area (Å²) in [6.45, 7) is 3.91. The third-order valence-electron chi connectivity index (χ3n) is 4.46. The number of nitrogens with zero attached hydrogens (tertiary/aromatic N) is 1. The largest absolute Gasteiger partial charge is 0.483 e. The second kappa shape index (κ2) is 8.09. The van der Waals surface area contributed by atoms with Gasteiger partial charge in [0.05, 0.1) is 5.56 Å². The molecule has 0 unspecified atom stereocenters. The molecule has 1 aromatic heterocycles. The zero-order valence-electron chi connectivity index (χ0n) is 16.0. The first-order valence-corrected chi connectivity index (χ1v) is 9.94. The lowest BCUT2D eigenvalue weighted by atomic mass is 10.1. The fourth-order valence-electron chi connectivity index (χ4n) is 3.06. The van der Waals surface area contributed by atoms with E-state index in [1.165, 1.54) is 0 Å². The molecular formula is C23H19BrN2O3. The number of hydrogen-bond donors (Lipinski definition) is 1. The number of rotatable bonds is 5. The van der Waals surface area contributed by atoms with Gasteiger partial charge in [-0.05, 0) is 71.7 Å². The number of carbonyl (C=O) groups excluding carboxylic acids is 1. The Labute approximate surface area is 176 Å². The predicted octanol–water partition coefficient (Wildman–Crippen LogP) is 5.89. The van der Waals surface area contributed by atoms with E-state index in [1.54, 1.807) is 18.2 Å². The molecule has 1 heterocycles. The maximum absolute atomic E-state index is 12.3. The van der Waals surface area contributed by atoms with Crippen molar-refractivity contribution in [2.45, 2.75) is 13.8 Å². The predicted molar refractivity (Wildman–Crippen MR) is 117 cm³/mol. The van der Waals surface area contributed by atoms with Crippen LogP contribution in [0.4, 0.5) is 5.69 Å². The first kappa shape index (κ1) is 19.2.